The summed E-state index contributed by atoms with van der Waals surface area (Å²) in [4.78, 5) is 29.3. The molecule has 1 aromatic carbocycles. The molecule has 2 heterocycles. The van der Waals surface area contributed by atoms with E-state index in [-0.39, 0.29) is 16.5 Å². The molecule has 0 fully saturated rings. The number of rotatable bonds is 5. The molecule has 3 rings (SSSR count). The molecule has 5 nitrogen and oxygen atoms in total. The minimum absolute atomic E-state index is 0.0421. The van der Waals surface area contributed by atoms with Gasteiger partial charge in [-0.15, -0.1) is 0 Å². The number of halogens is 2. The van der Waals surface area contributed by atoms with Crippen LogP contribution in [0.15, 0.2) is 47.5 Å². The second-order valence-corrected chi connectivity index (χ2v) is 5.88. The van der Waals surface area contributed by atoms with Gasteiger partial charge in [0.15, 0.2) is 11.6 Å². The quantitative estimate of drug-likeness (QED) is 0.757. The SMILES string of the molecule is CCCCn1c(C(=O)Nc2ccncc2)cc2cc(F)c(F)cc2c1=O. The van der Waals surface area contributed by atoms with E-state index in [4.69, 9.17) is 0 Å². The van der Waals surface area contributed by atoms with Crippen LogP contribution in [0.4, 0.5) is 14.5 Å². The molecule has 0 aliphatic rings. The van der Waals surface area contributed by atoms with Crippen LogP contribution in [0.2, 0.25) is 0 Å². The van der Waals surface area contributed by atoms with Crippen molar-refractivity contribution in [1.82, 2.24) is 9.55 Å². The average molecular weight is 357 g/mol. The zero-order valence-electron chi connectivity index (χ0n) is 14.1. The highest BCUT2D eigenvalue weighted by atomic mass is 19.2. The van der Waals surface area contributed by atoms with Crippen LogP contribution in [0.5, 0.6) is 0 Å². The second-order valence-electron chi connectivity index (χ2n) is 5.88. The van der Waals surface area contributed by atoms with Crippen LogP contribution in [0.25, 0.3) is 10.8 Å². The molecule has 1 N–H and O–H groups in total. The monoisotopic (exact) mass is 357 g/mol. The first kappa shape index (κ1) is 17.7. The van der Waals surface area contributed by atoms with Crippen molar-refractivity contribution in [1.29, 1.82) is 0 Å². The maximum atomic E-state index is 13.6. The van der Waals surface area contributed by atoms with Gasteiger partial charge >= 0.3 is 0 Å². The fourth-order valence-corrected chi connectivity index (χ4v) is 2.70. The molecule has 2 aromatic heterocycles. The zero-order chi connectivity index (χ0) is 18.7. The van der Waals surface area contributed by atoms with Gasteiger partial charge in [0, 0.05) is 24.6 Å². The first-order chi connectivity index (χ1) is 12.5. The highest BCUT2D eigenvalue weighted by Gasteiger charge is 2.17. The van der Waals surface area contributed by atoms with Crippen LogP contribution >= 0.6 is 0 Å². The number of hydrogen-bond donors (Lipinski definition) is 1. The van der Waals surface area contributed by atoms with E-state index in [1.54, 1.807) is 12.1 Å². The standard InChI is InChI=1S/C19H17F2N3O2/c1-2-3-8-24-17(18(25)23-13-4-6-22-7-5-13)10-12-9-15(20)16(21)11-14(12)19(24)26/h4-7,9-11H,2-3,8H2,1H3,(H,22,23,25). The number of hydrogen-bond acceptors (Lipinski definition) is 3. The number of pyridine rings is 2. The van der Waals surface area contributed by atoms with Gasteiger partial charge in [0.05, 0.1) is 5.39 Å². The lowest BCUT2D eigenvalue weighted by Crippen LogP contribution is -2.29. The Labute approximate surface area is 148 Å². The molecule has 1 amide bonds. The maximum Gasteiger partial charge on any atom is 0.272 e. The van der Waals surface area contributed by atoms with Crippen molar-refractivity contribution in [3.63, 3.8) is 0 Å². The number of unbranched alkanes of at least 4 members (excludes halogenated alkanes) is 1. The average Bonchev–Trinajstić information content (AvgIpc) is 2.63. The summed E-state index contributed by atoms with van der Waals surface area (Å²) in [6.07, 6.45) is 4.54. The molecule has 0 atom stereocenters. The zero-order valence-corrected chi connectivity index (χ0v) is 14.1. The Hall–Kier alpha value is -3.09. The maximum absolute atomic E-state index is 13.6. The predicted molar refractivity (Wildman–Crippen MR) is 95.2 cm³/mol. The third-order valence-corrected chi connectivity index (χ3v) is 4.06. The van der Waals surface area contributed by atoms with Crippen LogP contribution in [0.1, 0.15) is 30.3 Å². The minimum atomic E-state index is -1.09. The summed E-state index contributed by atoms with van der Waals surface area (Å²) < 4.78 is 28.4. The van der Waals surface area contributed by atoms with Gasteiger partial charge in [0.1, 0.15) is 5.69 Å². The van der Waals surface area contributed by atoms with Gasteiger partial charge in [0.2, 0.25) is 0 Å². The lowest BCUT2D eigenvalue weighted by Gasteiger charge is -2.14. The Morgan fingerprint density at radius 3 is 2.54 bits per heavy atom. The number of anilines is 1. The Balaban J connectivity index is 2.13. The smallest absolute Gasteiger partial charge is 0.272 e. The van der Waals surface area contributed by atoms with Crippen LogP contribution in [-0.2, 0) is 6.54 Å². The summed E-state index contributed by atoms with van der Waals surface area (Å²) in [6.45, 7) is 2.27. The number of amides is 1. The summed E-state index contributed by atoms with van der Waals surface area (Å²) in [6, 6.07) is 6.44. The molecule has 0 saturated carbocycles. The highest BCUT2D eigenvalue weighted by Crippen LogP contribution is 2.18. The number of benzene rings is 1. The largest absolute Gasteiger partial charge is 0.321 e. The number of aromatic nitrogens is 2. The van der Waals surface area contributed by atoms with E-state index in [1.807, 2.05) is 6.92 Å². The number of carbonyl (C=O) groups excluding carboxylic acids is 1. The topological polar surface area (TPSA) is 64.0 Å². The molecule has 134 valence electrons. The summed E-state index contributed by atoms with van der Waals surface area (Å²) >= 11 is 0. The lowest BCUT2D eigenvalue weighted by molar-refractivity contribution is 0.101. The highest BCUT2D eigenvalue weighted by molar-refractivity contribution is 6.05. The predicted octanol–water partition coefficient (Wildman–Crippen LogP) is 3.73. The van der Waals surface area contributed by atoms with E-state index >= 15 is 0 Å². The molecule has 0 bridgehead atoms. The van der Waals surface area contributed by atoms with Gasteiger partial charge in [-0.25, -0.2) is 8.78 Å². The molecule has 0 saturated heterocycles. The Kier molecular flexibility index (Phi) is 5.06. The van der Waals surface area contributed by atoms with E-state index in [1.165, 1.54) is 23.0 Å². The van der Waals surface area contributed by atoms with Crippen molar-refractivity contribution >= 4 is 22.4 Å². The van der Waals surface area contributed by atoms with E-state index in [0.717, 1.165) is 18.6 Å². The summed E-state index contributed by atoms with van der Waals surface area (Å²) in [5.74, 6) is -2.66. The van der Waals surface area contributed by atoms with E-state index in [9.17, 15) is 18.4 Å². The first-order valence-corrected chi connectivity index (χ1v) is 8.25. The van der Waals surface area contributed by atoms with Gasteiger partial charge < -0.3 is 9.88 Å². The third kappa shape index (κ3) is 3.46. The second kappa shape index (κ2) is 7.43. The molecule has 0 unspecified atom stereocenters. The lowest BCUT2D eigenvalue weighted by atomic mass is 10.1. The molecule has 7 heteroatoms. The first-order valence-electron chi connectivity index (χ1n) is 8.25. The Morgan fingerprint density at radius 2 is 1.85 bits per heavy atom. The van der Waals surface area contributed by atoms with Gasteiger partial charge in [-0.3, -0.25) is 14.6 Å². The number of nitrogens with zero attached hydrogens (tertiary/aromatic N) is 2. The van der Waals surface area contributed by atoms with Gasteiger partial charge in [0.25, 0.3) is 11.5 Å². The van der Waals surface area contributed by atoms with Crippen molar-refractivity contribution in [2.75, 3.05) is 5.32 Å². The third-order valence-electron chi connectivity index (χ3n) is 4.06. The molecular weight excluding hydrogens is 340 g/mol. The molecular formula is C19H17F2N3O2. The van der Waals surface area contributed by atoms with E-state index in [2.05, 4.69) is 10.3 Å². The van der Waals surface area contributed by atoms with Crippen LogP contribution in [0, 0.1) is 11.6 Å². The van der Waals surface area contributed by atoms with E-state index in [0.29, 0.717) is 18.7 Å². The summed E-state index contributed by atoms with van der Waals surface area (Å²) in [7, 11) is 0. The van der Waals surface area contributed by atoms with E-state index < -0.39 is 23.1 Å². The number of nitrogens with one attached hydrogen (secondary N) is 1. The minimum Gasteiger partial charge on any atom is -0.321 e. The summed E-state index contributed by atoms with van der Waals surface area (Å²) in [5, 5.41) is 2.91. The number of carbonyl (C=O) groups is 1. The van der Waals surface area contributed by atoms with Gasteiger partial charge in [-0.1, -0.05) is 13.3 Å². The van der Waals surface area contributed by atoms with Crippen LogP contribution in [0.3, 0.4) is 0 Å². The molecule has 3 aromatic rings. The molecule has 26 heavy (non-hydrogen) atoms. The van der Waals surface area contributed by atoms with Crippen molar-refractivity contribution in [2.45, 2.75) is 26.3 Å². The van der Waals surface area contributed by atoms with Crippen LogP contribution < -0.4 is 10.9 Å². The van der Waals surface area contributed by atoms with Crippen molar-refractivity contribution in [2.24, 2.45) is 0 Å². The molecule has 0 spiro atoms. The van der Waals surface area contributed by atoms with Crippen LogP contribution in [-0.4, -0.2) is 15.5 Å². The fraction of sp³-hybridized carbons (Fsp3) is 0.211. The van der Waals surface area contributed by atoms with Crippen molar-refractivity contribution < 1.29 is 13.6 Å². The number of fused-ring (bicyclic) bond motifs is 1. The Morgan fingerprint density at radius 1 is 1.15 bits per heavy atom. The Bertz CT molecular complexity index is 1020. The van der Waals surface area contributed by atoms with Gasteiger partial charge in [-0.2, -0.15) is 0 Å². The summed E-state index contributed by atoms with van der Waals surface area (Å²) in [5.41, 5.74) is 0.0957. The van der Waals surface area contributed by atoms with Crippen molar-refractivity contribution in [3.05, 3.63) is 70.4 Å². The normalized spacial score (nSPS) is 10.9. The molecule has 0 aliphatic heterocycles. The fourth-order valence-electron chi connectivity index (χ4n) is 2.70. The molecule has 0 aliphatic carbocycles. The van der Waals surface area contributed by atoms with Gasteiger partial charge in [-0.05, 0) is 42.1 Å². The van der Waals surface area contributed by atoms with Crippen molar-refractivity contribution in [3.8, 4) is 0 Å². The molecule has 0 radical (unpaired) electrons.